The molecule has 2 saturated heterocycles. The molecule has 3 rings (SSSR count). The van der Waals surface area contributed by atoms with Gasteiger partial charge >= 0.3 is 18.2 Å². The van der Waals surface area contributed by atoms with Crippen LogP contribution in [0.1, 0.15) is 78.2 Å². The number of nitrogens with zero attached hydrogens (tertiary/aromatic N) is 2. The van der Waals surface area contributed by atoms with Gasteiger partial charge in [-0.1, -0.05) is 30.3 Å². The number of likely N-dealkylation sites (tertiary alicyclic amines) is 2. The van der Waals surface area contributed by atoms with Crippen molar-refractivity contribution in [3.8, 4) is 0 Å². The molecule has 2 heterocycles. The van der Waals surface area contributed by atoms with E-state index in [-0.39, 0.29) is 44.1 Å². The molecule has 0 bridgehead atoms. The number of ether oxygens (including phenoxy) is 3. The number of alkyl carbamates (subject to hydrolysis) is 1. The topological polar surface area (TPSA) is 144 Å². The van der Waals surface area contributed by atoms with Crippen LogP contribution in [0.2, 0.25) is 0 Å². The Morgan fingerprint density at radius 3 is 2.30 bits per heavy atom. The van der Waals surface area contributed by atoms with E-state index in [1.807, 2.05) is 51.1 Å². The number of amides is 4. The van der Waals surface area contributed by atoms with Crippen molar-refractivity contribution in [3.63, 3.8) is 0 Å². The predicted octanol–water partition coefficient (Wildman–Crippen LogP) is 3.97. The smallest absolute Gasteiger partial charge is 0.410 e. The number of benzene rings is 1. The van der Waals surface area contributed by atoms with Crippen molar-refractivity contribution in [2.75, 3.05) is 32.8 Å². The van der Waals surface area contributed by atoms with Crippen molar-refractivity contribution < 1.29 is 38.2 Å². The molecule has 2 atom stereocenters. The van der Waals surface area contributed by atoms with Gasteiger partial charge in [-0.3, -0.25) is 14.4 Å². The first-order valence-corrected chi connectivity index (χ1v) is 15.6. The Morgan fingerprint density at radius 1 is 0.932 bits per heavy atom. The summed E-state index contributed by atoms with van der Waals surface area (Å²) in [6.07, 6.45) is 1.65. The van der Waals surface area contributed by atoms with Gasteiger partial charge in [0.15, 0.2) is 0 Å². The molecule has 2 fully saturated rings. The fourth-order valence-corrected chi connectivity index (χ4v) is 5.36. The summed E-state index contributed by atoms with van der Waals surface area (Å²) in [6, 6.07) is 9.15. The maximum absolute atomic E-state index is 13.2. The average Bonchev–Trinajstić information content (AvgIpc) is 2.99. The minimum atomic E-state index is -1.03. The van der Waals surface area contributed by atoms with Gasteiger partial charge in [0, 0.05) is 32.6 Å². The van der Waals surface area contributed by atoms with Crippen LogP contribution in [0.5, 0.6) is 0 Å². The van der Waals surface area contributed by atoms with Crippen LogP contribution in [-0.4, -0.2) is 84.3 Å². The molecule has 2 N–H and O–H groups in total. The third-order valence-corrected chi connectivity index (χ3v) is 7.68. The average molecular weight is 617 g/mol. The van der Waals surface area contributed by atoms with Gasteiger partial charge < -0.3 is 34.6 Å². The van der Waals surface area contributed by atoms with Crippen molar-refractivity contribution >= 4 is 30.0 Å². The van der Waals surface area contributed by atoms with Gasteiger partial charge in [-0.05, 0) is 71.3 Å². The second-order valence-corrected chi connectivity index (χ2v) is 12.4. The van der Waals surface area contributed by atoms with E-state index < -0.39 is 29.7 Å². The summed E-state index contributed by atoms with van der Waals surface area (Å²) < 4.78 is 15.7. The minimum absolute atomic E-state index is 0.00256. The lowest BCUT2D eigenvalue weighted by Gasteiger charge is -2.35. The Labute approximate surface area is 260 Å². The Balaban J connectivity index is 1.46. The molecule has 1 aromatic rings. The van der Waals surface area contributed by atoms with Crippen LogP contribution < -0.4 is 10.6 Å². The SMILES string of the molecule is CCOC(=O)C[C@@H](NC(=O)OCc1ccccc1)NC(=O)[C@@H]1CCCN(C(=O)CCC2CCN(C(=O)OC(C)(C)C)CC2)C1. The normalized spacial score (nSPS) is 18.1. The molecule has 0 unspecified atom stereocenters. The molecule has 244 valence electrons. The van der Waals surface area contributed by atoms with Crippen LogP contribution in [0.25, 0.3) is 0 Å². The summed E-state index contributed by atoms with van der Waals surface area (Å²) in [5.74, 6) is -1.05. The largest absolute Gasteiger partial charge is 0.466 e. The van der Waals surface area contributed by atoms with E-state index in [9.17, 15) is 24.0 Å². The molecule has 4 amide bonds. The van der Waals surface area contributed by atoms with Crippen LogP contribution in [0, 0.1) is 11.8 Å². The zero-order valence-electron chi connectivity index (χ0n) is 26.5. The van der Waals surface area contributed by atoms with Gasteiger partial charge in [0.2, 0.25) is 11.8 Å². The van der Waals surface area contributed by atoms with Crippen LogP contribution in [0.3, 0.4) is 0 Å². The number of esters is 1. The summed E-state index contributed by atoms with van der Waals surface area (Å²) >= 11 is 0. The molecule has 12 heteroatoms. The van der Waals surface area contributed by atoms with Gasteiger partial charge in [-0.15, -0.1) is 0 Å². The minimum Gasteiger partial charge on any atom is -0.466 e. The maximum atomic E-state index is 13.2. The maximum Gasteiger partial charge on any atom is 0.410 e. The van der Waals surface area contributed by atoms with Gasteiger partial charge in [-0.25, -0.2) is 9.59 Å². The van der Waals surface area contributed by atoms with Crippen LogP contribution in [-0.2, 0) is 35.2 Å². The summed E-state index contributed by atoms with van der Waals surface area (Å²) in [7, 11) is 0. The van der Waals surface area contributed by atoms with E-state index in [4.69, 9.17) is 14.2 Å². The van der Waals surface area contributed by atoms with Crippen molar-refractivity contribution in [1.82, 2.24) is 20.4 Å². The Morgan fingerprint density at radius 2 is 1.64 bits per heavy atom. The highest BCUT2D eigenvalue weighted by Crippen LogP contribution is 2.25. The van der Waals surface area contributed by atoms with E-state index in [2.05, 4.69) is 10.6 Å². The Bertz CT molecular complexity index is 1120. The number of hydrogen-bond donors (Lipinski definition) is 2. The summed E-state index contributed by atoms with van der Waals surface area (Å²) in [5, 5.41) is 5.29. The number of nitrogens with one attached hydrogen (secondary N) is 2. The molecule has 2 aliphatic rings. The highest BCUT2D eigenvalue weighted by atomic mass is 16.6. The monoisotopic (exact) mass is 616 g/mol. The fourth-order valence-electron chi connectivity index (χ4n) is 5.36. The third-order valence-electron chi connectivity index (χ3n) is 7.68. The molecule has 12 nitrogen and oxygen atoms in total. The second kappa shape index (κ2) is 16.9. The van der Waals surface area contributed by atoms with Gasteiger partial charge in [-0.2, -0.15) is 0 Å². The van der Waals surface area contributed by atoms with Gasteiger partial charge in [0.05, 0.1) is 18.9 Å². The lowest BCUT2D eigenvalue weighted by Crippen LogP contribution is -2.53. The Hall–Kier alpha value is -3.83. The number of carbonyl (C=O) groups is 5. The van der Waals surface area contributed by atoms with Gasteiger partial charge in [0.25, 0.3) is 0 Å². The fraction of sp³-hybridized carbons (Fsp3) is 0.656. The number of rotatable bonds is 11. The van der Waals surface area contributed by atoms with Crippen molar-refractivity contribution in [2.45, 2.75) is 91.0 Å². The Kier molecular flexibility index (Phi) is 13.3. The molecule has 0 spiro atoms. The summed E-state index contributed by atoms with van der Waals surface area (Å²) in [5.41, 5.74) is 0.266. The van der Waals surface area contributed by atoms with Crippen molar-refractivity contribution in [2.24, 2.45) is 11.8 Å². The summed E-state index contributed by atoms with van der Waals surface area (Å²) in [6.45, 7) is 9.50. The molecular formula is C32H48N4O8. The molecule has 0 aromatic heterocycles. The lowest BCUT2D eigenvalue weighted by molar-refractivity contribution is -0.144. The third kappa shape index (κ3) is 12.0. The molecule has 0 saturated carbocycles. The quantitative estimate of drug-likeness (QED) is 0.216. The lowest BCUT2D eigenvalue weighted by atomic mass is 9.91. The number of piperidine rings is 2. The van der Waals surface area contributed by atoms with E-state index in [1.54, 1.807) is 16.7 Å². The predicted molar refractivity (Wildman–Crippen MR) is 162 cm³/mol. The van der Waals surface area contributed by atoms with Gasteiger partial charge in [0.1, 0.15) is 18.4 Å². The van der Waals surface area contributed by atoms with Crippen LogP contribution in [0.4, 0.5) is 9.59 Å². The molecular weight excluding hydrogens is 568 g/mol. The van der Waals surface area contributed by atoms with E-state index in [1.165, 1.54) is 0 Å². The highest BCUT2D eigenvalue weighted by Gasteiger charge is 2.32. The number of hydrogen-bond acceptors (Lipinski definition) is 8. The van der Waals surface area contributed by atoms with E-state index >= 15 is 0 Å². The highest BCUT2D eigenvalue weighted by molar-refractivity contribution is 5.83. The second-order valence-electron chi connectivity index (χ2n) is 12.4. The first-order valence-electron chi connectivity index (χ1n) is 15.6. The molecule has 1 aromatic carbocycles. The van der Waals surface area contributed by atoms with Crippen LogP contribution in [0.15, 0.2) is 30.3 Å². The molecule has 0 aliphatic carbocycles. The zero-order chi connectivity index (χ0) is 32.1. The van der Waals surface area contributed by atoms with E-state index in [0.717, 1.165) is 24.8 Å². The molecule has 2 aliphatic heterocycles. The molecule has 44 heavy (non-hydrogen) atoms. The van der Waals surface area contributed by atoms with Crippen molar-refractivity contribution in [1.29, 1.82) is 0 Å². The zero-order valence-corrected chi connectivity index (χ0v) is 26.5. The molecule has 0 radical (unpaired) electrons. The number of carbonyl (C=O) groups excluding carboxylic acids is 5. The first-order chi connectivity index (χ1) is 20.9. The van der Waals surface area contributed by atoms with Crippen LogP contribution >= 0.6 is 0 Å². The van der Waals surface area contributed by atoms with E-state index in [0.29, 0.717) is 44.8 Å². The first kappa shape index (κ1) is 34.7. The van der Waals surface area contributed by atoms with Crippen molar-refractivity contribution in [3.05, 3.63) is 35.9 Å². The summed E-state index contributed by atoms with van der Waals surface area (Å²) in [4.78, 5) is 66.7. The standard InChI is InChI=1S/C32H48N4O8/c1-5-42-28(38)20-26(34-30(40)43-22-24-10-7-6-8-11-24)33-29(39)25-12-9-17-36(21-25)27(37)14-13-23-15-18-35(19-16-23)31(41)44-32(2,3)4/h6-8,10-11,23,25-26H,5,9,12-22H2,1-4H3,(H,33,39)(H,34,40)/t25-,26-/m1/s1.